The Morgan fingerprint density at radius 1 is 1.00 bits per heavy atom. The monoisotopic (exact) mass is 589 g/mol. The second kappa shape index (κ2) is 10.6. The van der Waals surface area contributed by atoms with E-state index in [0.717, 1.165) is 31.5 Å². The van der Waals surface area contributed by atoms with Gasteiger partial charge in [0.15, 0.2) is 31.2 Å². The molecule has 0 amide bonds. The molecule has 0 spiro atoms. The van der Waals surface area contributed by atoms with Gasteiger partial charge >= 0.3 is 0 Å². The largest absolute Gasteiger partial charge is 0.490 e. The second-order valence-electron chi connectivity index (χ2n) is 10.2. The van der Waals surface area contributed by atoms with Crippen LogP contribution in [0.2, 0.25) is 5.02 Å². The predicted octanol–water partition coefficient (Wildman–Crippen LogP) is 3.89. The fourth-order valence-electron chi connectivity index (χ4n) is 5.59. The van der Waals surface area contributed by atoms with Crippen LogP contribution in [0.1, 0.15) is 31.2 Å². The molecule has 3 atom stereocenters. The van der Waals surface area contributed by atoms with Crippen molar-refractivity contribution in [1.29, 1.82) is 0 Å². The van der Waals surface area contributed by atoms with Gasteiger partial charge in [-0.2, -0.15) is 0 Å². The molecule has 3 unspecified atom stereocenters. The first-order valence-electron chi connectivity index (χ1n) is 12.7. The van der Waals surface area contributed by atoms with Gasteiger partial charge < -0.3 is 14.8 Å². The fourth-order valence-corrected chi connectivity index (χ4v) is 9.31. The van der Waals surface area contributed by atoms with Crippen LogP contribution in [0.25, 0.3) is 0 Å². The predicted molar refractivity (Wildman–Crippen MR) is 139 cm³/mol. The summed E-state index contributed by atoms with van der Waals surface area (Å²) in [7, 11) is -7.81. The van der Waals surface area contributed by atoms with Gasteiger partial charge in [0.1, 0.15) is 10.6 Å². The van der Waals surface area contributed by atoms with Gasteiger partial charge in [0.2, 0.25) is 0 Å². The van der Waals surface area contributed by atoms with Gasteiger partial charge in [0.25, 0.3) is 0 Å². The molecule has 2 aromatic carbocycles. The molecule has 2 aromatic rings. The molecule has 1 N–H and O–H groups in total. The minimum absolute atomic E-state index is 0.00312. The molecule has 3 aliphatic rings. The van der Waals surface area contributed by atoms with Crippen LogP contribution < -0.4 is 10.1 Å². The first-order valence-corrected chi connectivity index (χ1v) is 16.4. The Morgan fingerprint density at radius 2 is 1.71 bits per heavy atom. The number of rotatable bonds is 10. The maximum absolute atomic E-state index is 15.4. The summed E-state index contributed by atoms with van der Waals surface area (Å²) in [5, 5.41) is 3.48. The number of sulfone groups is 2. The van der Waals surface area contributed by atoms with Crippen LogP contribution in [0.15, 0.2) is 41.3 Å². The molecule has 1 saturated heterocycles. The first-order chi connectivity index (χ1) is 18.0. The zero-order valence-corrected chi connectivity index (χ0v) is 23.1. The minimum atomic E-state index is -4.34. The van der Waals surface area contributed by atoms with Crippen LogP contribution in [0.5, 0.6) is 5.75 Å². The highest BCUT2D eigenvalue weighted by atomic mass is 35.5. The number of hydrogen-bond acceptors (Lipinski definition) is 7. The third-order valence-corrected chi connectivity index (χ3v) is 12.3. The van der Waals surface area contributed by atoms with Crippen molar-refractivity contribution in [1.82, 2.24) is 5.32 Å². The van der Waals surface area contributed by atoms with E-state index in [-0.39, 0.29) is 48.0 Å². The fraction of sp³-hybridized carbons (Fsp3) is 0.538. The van der Waals surface area contributed by atoms with Crippen molar-refractivity contribution in [2.45, 2.75) is 41.4 Å². The molecule has 7 nitrogen and oxygen atoms in total. The number of halogens is 3. The van der Waals surface area contributed by atoms with Crippen LogP contribution in [-0.4, -0.2) is 60.7 Å². The van der Waals surface area contributed by atoms with Crippen molar-refractivity contribution >= 4 is 31.3 Å². The molecule has 38 heavy (non-hydrogen) atoms. The molecule has 2 heterocycles. The van der Waals surface area contributed by atoms with E-state index in [4.69, 9.17) is 21.1 Å². The van der Waals surface area contributed by atoms with E-state index in [2.05, 4.69) is 5.32 Å². The van der Waals surface area contributed by atoms with Gasteiger partial charge in [-0.1, -0.05) is 11.6 Å². The highest BCUT2D eigenvalue weighted by molar-refractivity contribution is 7.92. The van der Waals surface area contributed by atoms with Crippen molar-refractivity contribution in [3.8, 4) is 5.75 Å². The minimum Gasteiger partial charge on any atom is -0.490 e. The number of hydrogen-bond donors (Lipinski definition) is 1. The van der Waals surface area contributed by atoms with Gasteiger partial charge in [0, 0.05) is 24.1 Å². The van der Waals surface area contributed by atoms with Gasteiger partial charge in [0.05, 0.1) is 34.7 Å². The molecule has 12 heteroatoms. The first kappa shape index (κ1) is 27.8. The van der Waals surface area contributed by atoms with Gasteiger partial charge in [-0.25, -0.2) is 25.6 Å². The average Bonchev–Trinajstić information content (AvgIpc) is 3.72. The van der Waals surface area contributed by atoms with E-state index in [1.54, 1.807) is 0 Å². The lowest BCUT2D eigenvalue weighted by atomic mass is 9.75. The molecule has 2 fully saturated rings. The standard InChI is InChI=1S/C26H30ClF2NO6S2/c27-18-3-5-19(6-4-18)38(33,34)26-10-12-35-23(9-13-37(31,32)14-11-30-15-17-1-2-17)20(26)16-36-25-22(29)8-7-21(28)24(25)26/h3-8,17,20,23,30H,1-2,9-16H2. The van der Waals surface area contributed by atoms with Crippen LogP contribution in [-0.2, 0) is 29.2 Å². The average molecular weight is 590 g/mol. The summed E-state index contributed by atoms with van der Waals surface area (Å²) in [4.78, 5) is -0.0987. The summed E-state index contributed by atoms with van der Waals surface area (Å²) in [6, 6.07) is 7.30. The Bertz CT molecular complexity index is 1400. The van der Waals surface area contributed by atoms with Crippen LogP contribution >= 0.6 is 11.6 Å². The van der Waals surface area contributed by atoms with Gasteiger partial charge in [-0.3, -0.25) is 0 Å². The lowest BCUT2D eigenvalue weighted by Gasteiger charge is -2.50. The van der Waals surface area contributed by atoms with Crippen molar-refractivity contribution in [3.05, 3.63) is 58.6 Å². The van der Waals surface area contributed by atoms with Crippen molar-refractivity contribution in [2.24, 2.45) is 11.8 Å². The summed E-state index contributed by atoms with van der Waals surface area (Å²) in [6.07, 6.45) is 1.32. The maximum atomic E-state index is 15.4. The molecule has 1 saturated carbocycles. The van der Waals surface area contributed by atoms with E-state index in [1.807, 2.05) is 0 Å². The highest BCUT2D eigenvalue weighted by Crippen LogP contribution is 2.55. The Labute approximate surface area is 226 Å². The van der Waals surface area contributed by atoms with E-state index >= 15 is 4.39 Å². The molecular weight excluding hydrogens is 560 g/mol. The smallest absolute Gasteiger partial charge is 0.189 e. The number of fused-ring (bicyclic) bond motifs is 3. The number of nitrogens with one attached hydrogen (secondary N) is 1. The Balaban J connectivity index is 1.47. The second-order valence-corrected chi connectivity index (χ2v) is 15.2. The molecule has 2 aliphatic heterocycles. The Kier molecular flexibility index (Phi) is 7.78. The zero-order valence-electron chi connectivity index (χ0n) is 20.7. The van der Waals surface area contributed by atoms with E-state index in [9.17, 15) is 21.2 Å². The zero-order chi connectivity index (χ0) is 27.1. The summed E-state index contributed by atoms with van der Waals surface area (Å²) in [5.41, 5.74) is -0.371. The van der Waals surface area contributed by atoms with Crippen LogP contribution in [0.3, 0.4) is 0 Å². The third kappa shape index (κ3) is 5.20. The molecular formula is C26H30ClF2NO6S2. The summed E-state index contributed by atoms with van der Waals surface area (Å²) < 4.78 is 93.9. The normalized spacial score (nSPS) is 25.3. The lowest BCUT2D eigenvalue weighted by Crippen LogP contribution is -2.57. The summed E-state index contributed by atoms with van der Waals surface area (Å²) in [5.74, 6) is -2.83. The lowest BCUT2D eigenvalue weighted by molar-refractivity contribution is -0.0732. The van der Waals surface area contributed by atoms with E-state index < -0.39 is 53.8 Å². The molecule has 0 aromatic heterocycles. The Morgan fingerprint density at radius 3 is 2.42 bits per heavy atom. The quantitative estimate of drug-likeness (QED) is 0.420. The molecule has 5 rings (SSSR count). The van der Waals surface area contributed by atoms with Crippen LogP contribution in [0.4, 0.5) is 8.78 Å². The molecule has 0 radical (unpaired) electrons. The topological polar surface area (TPSA) is 98.8 Å². The summed E-state index contributed by atoms with van der Waals surface area (Å²) in [6.45, 7) is 0.789. The van der Waals surface area contributed by atoms with E-state index in [1.165, 1.54) is 24.3 Å². The van der Waals surface area contributed by atoms with Crippen molar-refractivity contribution in [2.75, 3.05) is 37.8 Å². The number of ether oxygens (including phenoxy) is 2. The molecule has 208 valence electrons. The molecule has 1 aliphatic carbocycles. The number of benzene rings is 2. The van der Waals surface area contributed by atoms with Crippen molar-refractivity contribution < 1.29 is 35.1 Å². The SMILES string of the molecule is O=S(=O)(CCNCC1CC1)CCC1OCCC2(S(=O)(=O)c3ccc(Cl)cc3)c3c(F)ccc(F)c3OCC12. The third-order valence-electron chi connectivity index (χ3n) is 7.78. The van der Waals surface area contributed by atoms with Gasteiger partial charge in [-0.05, 0) is 74.5 Å². The van der Waals surface area contributed by atoms with Crippen LogP contribution in [0, 0.1) is 23.5 Å². The van der Waals surface area contributed by atoms with E-state index in [0.29, 0.717) is 17.5 Å². The van der Waals surface area contributed by atoms with Gasteiger partial charge in [-0.15, -0.1) is 0 Å². The van der Waals surface area contributed by atoms with Crippen molar-refractivity contribution in [3.63, 3.8) is 0 Å². The Hall–Kier alpha value is -1.79. The maximum Gasteiger partial charge on any atom is 0.189 e. The molecule has 0 bridgehead atoms. The highest BCUT2D eigenvalue weighted by Gasteiger charge is 2.61. The summed E-state index contributed by atoms with van der Waals surface area (Å²) >= 11 is 5.98.